The monoisotopic (exact) mass is 345 g/mol. The lowest BCUT2D eigenvalue weighted by Gasteiger charge is -2.13. The summed E-state index contributed by atoms with van der Waals surface area (Å²) in [5.41, 5.74) is 1.39. The molecule has 4 nitrogen and oxygen atoms in total. The second-order valence-corrected chi connectivity index (χ2v) is 5.60. The van der Waals surface area contributed by atoms with E-state index in [-0.39, 0.29) is 11.6 Å². The van der Waals surface area contributed by atoms with Crippen LogP contribution in [0.3, 0.4) is 0 Å². The molecule has 0 bridgehead atoms. The maximum absolute atomic E-state index is 13.7. The first-order chi connectivity index (χ1) is 12.2. The number of halogens is 1. The van der Waals surface area contributed by atoms with Gasteiger partial charge in [0.15, 0.2) is 0 Å². The predicted octanol–water partition coefficient (Wildman–Crippen LogP) is 4.79. The van der Waals surface area contributed by atoms with Gasteiger partial charge in [-0.2, -0.15) is 0 Å². The van der Waals surface area contributed by atoms with Crippen molar-refractivity contribution in [2.45, 2.75) is 33.3 Å². The fourth-order valence-electron chi connectivity index (χ4n) is 2.32. The van der Waals surface area contributed by atoms with Crippen LogP contribution in [0.5, 0.6) is 5.75 Å². The summed E-state index contributed by atoms with van der Waals surface area (Å²) in [6, 6.07) is 11.2. The van der Waals surface area contributed by atoms with E-state index in [1.165, 1.54) is 12.1 Å². The van der Waals surface area contributed by atoms with E-state index in [9.17, 15) is 9.18 Å². The van der Waals surface area contributed by atoms with E-state index in [1.807, 2.05) is 6.92 Å². The van der Waals surface area contributed by atoms with E-state index >= 15 is 0 Å². The molecule has 0 aliphatic heterocycles. The Morgan fingerprint density at radius 1 is 1.16 bits per heavy atom. The van der Waals surface area contributed by atoms with Gasteiger partial charge in [-0.25, -0.2) is 4.39 Å². The highest BCUT2D eigenvalue weighted by atomic mass is 19.1. The van der Waals surface area contributed by atoms with Gasteiger partial charge in [-0.1, -0.05) is 25.5 Å². The Morgan fingerprint density at radius 2 is 1.96 bits per heavy atom. The first-order valence-corrected chi connectivity index (χ1v) is 8.55. The zero-order valence-corrected chi connectivity index (χ0v) is 14.7. The van der Waals surface area contributed by atoms with E-state index < -0.39 is 5.82 Å². The molecule has 0 aliphatic rings. The Bertz CT molecular complexity index is 703. The summed E-state index contributed by atoms with van der Waals surface area (Å²) in [5.74, 6) is -0.144. The van der Waals surface area contributed by atoms with Crippen LogP contribution in [-0.2, 0) is 11.3 Å². The summed E-state index contributed by atoms with van der Waals surface area (Å²) in [4.78, 5) is 12.4. The van der Waals surface area contributed by atoms with Crippen LogP contribution >= 0.6 is 0 Å². The predicted molar refractivity (Wildman–Crippen MR) is 96.5 cm³/mol. The molecule has 0 saturated carbocycles. The standard InChI is InChI=1S/C20H24FNO3/c1-3-5-12-24-14-16-13-15(10-11-19(16)25-4-2)20(23)22-18-9-7-6-8-17(18)21/h6-11,13H,3-5,12,14H2,1-2H3,(H,22,23). The van der Waals surface area contributed by atoms with Gasteiger partial charge in [-0.05, 0) is 43.7 Å². The van der Waals surface area contributed by atoms with E-state index in [0.717, 1.165) is 18.4 Å². The van der Waals surface area contributed by atoms with Gasteiger partial charge in [0.1, 0.15) is 11.6 Å². The highest BCUT2D eigenvalue weighted by molar-refractivity contribution is 6.04. The molecule has 0 atom stereocenters. The molecule has 1 N–H and O–H groups in total. The van der Waals surface area contributed by atoms with Crippen LogP contribution in [0.15, 0.2) is 42.5 Å². The van der Waals surface area contributed by atoms with Crippen LogP contribution in [0.25, 0.3) is 0 Å². The van der Waals surface area contributed by atoms with Crippen molar-refractivity contribution in [1.82, 2.24) is 0 Å². The molecule has 0 aliphatic carbocycles. The van der Waals surface area contributed by atoms with Crippen LogP contribution in [0.2, 0.25) is 0 Å². The molecule has 0 heterocycles. The Morgan fingerprint density at radius 3 is 2.68 bits per heavy atom. The van der Waals surface area contributed by atoms with E-state index in [2.05, 4.69) is 12.2 Å². The molecular formula is C20H24FNO3. The number of para-hydroxylation sites is 1. The molecule has 5 heteroatoms. The second kappa shape index (κ2) is 9.79. The van der Waals surface area contributed by atoms with Crippen LogP contribution < -0.4 is 10.1 Å². The minimum absolute atomic E-state index is 0.155. The van der Waals surface area contributed by atoms with Crippen LogP contribution in [0.4, 0.5) is 10.1 Å². The van der Waals surface area contributed by atoms with Gasteiger partial charge in [-0.3, -0.25) is 4.79 Å². The van der Waals surface area contributed by atoms with Gasteiger partial charge in [0, 0.05) is 17.7 Å². The minimum atomic E-state index is -0.468. The van der Waals surface area contributed by atoms with Crippen LogP contribution in [0.1, 0.15) is 42.6 Å². The Hall–Kier alpha value is -2.40. The third kappa shape index (κ3) is 5.57. The molecule has 0 fully saturated rings. The van der Waals surface area contributed by atoms with Gasteiger partial charge >= 0.3 is 0 Å². The average molecular weight is 345 g/mol. The molecule has 2 aromatic carbocycles. The first kappa shape index (κ1) is 18.9. The Kier molecular flexibility index (Phi) is 7.41. The molecule has 0 radical (unpaired) electrons. The number of nitrogens with one attached hydrogen (secondary N) is 1. The average Bonchev–Trinajstić information content (AvgIpc) is 2.62. The van der Waals surface area contributed by atoms with Crippen molar-refractivity contribution in [3.05, 3.63) is 59.4 Å². The topological polar surface area (TPSA) is 47.6 Å². The number of ether oxygens (including phenoxy) is 2. The maximum Gasteiger partial charge on any atom is 0.255 e. The molecule has 0 saturated heterocycles. The summed E-state index contributed by atoms with van der Waals surface area (Å²) in [6.45, 7) is 5.57. The van der Waals surface area contributed by atoms with Gasteiger partial charge in [-0.15, -0.1) is 0 Å². The molecular weight excluding hydrogens is 321 g/mol. The van der Waals surface area contributed by atoms with Crippen LogP contribution in [0, 0.1) is 5.82 Å². The van der Waals surface area contributed by atoms with E-state index in [4.69, 9.17) is 9.47 Å². The van der Waals surface area contributed by atoms with Crippen molar-refractivity contribution >= 4 is 11.6 Å². The highest BCUT2D eigenvalue weighted by Gasteiger charge is 2.12. The molecule has 0 spiro atoms. The Balaban J connectivity index is 2.14. The molecule has 25 heavy (non-hydrogen) atoms. The quantitative estimate of drug-likeness (QED) is 0.665. The fourth-order valence-corrected chi connectivity index (χ4v) is 2.32. The molecule has 2 aromatic rings. The smallest absolute Gasteiger partial charge is 0.255 e. The largest absolute Gasteiger partial charge is 0.494 e. The number of anilines is 1. The number of carbonyl (C=O) groups excluding carboxylic acids is 1. The minimum Gasteiger partial charge on any atom is -0.494 e. The number of unbranched alkanes of at least 4 members (excludes halogenated alkanes) is 1. The lowest BCUT2D eigenvalue weighted by molar-refractivity contribution is 0.102. The molecule has 0 unspecified atom stereocenters. The molecule has 2 rings (SSSR count). The number of hydrogen-bond acceptors (Lipinski definition) is 3. The van der Waals surface area contributed by atoms with Crippen molar-refractivity contribution in [2.24, 2.45) is 0 Å². The number of amides is 1. The van der Waals surface area contributed by atoms with Crippen molar-refractivity contribution in [3.8, 4) is 5.75 Å². The summed E-state index contributed by atoms with van der Waals surface area (Å²) in [7, 11) is 0. The van der Waals surface area contributed by atoms with Crippen molar-refractivity contribution in [3.63, 3.8) is 0 Å². The first-order valence-electron chi connectivity index (χ1n) is 8.55. The van der Waals surface area contributed by atoms with Gasteiger partial charge in [0.25, 0.3) is 5.91 Å². The Labute approximate surface area is 148 Å². The molecule has 134 valence electrons. The SMILES string of the molecule is CCCCOCc1cc(C(=O)Nc2ccccc2F)ccc1OCC. The number of hydrogen-bond donors (Lipinski definition) is 1. The van der Waals surface area contributed by atoms with Gasteiger partial charge in [0.2, 0.25) is 0 Å². The zero-order chi connectivity index (χ0) is 18.1. The molecule has 1 amide bonds. The van der Waals surface area contributed by atoms with Gasteiger partial charge < -0.3 is 14.8 Å². The summed E-state index contributed by atoms with van der Waals surface area (Å²) in [5, 5.41) is 2.59. The molecule has 0 aromatic heterocycles. The maximum atomic E-state index is 13.7. The van der Waals surface area contributed by atoms with E-state index in [1.54, 1.807) is 30.3 Å². The van der Waals surface area contributed by atoms with Crippen molar-refractivity contribution in [1.29, 1.82) is 0 Å². The van der Waals surface area contributed by atoms with Crippen LogP contribution in [-0.4, -0.2) is 19.1 Å². The van der Waals surface area contributed by atoms with E-state index in [0.29, 0.717) is 31.1 Å². The van der Waals surface area contributed by atoms with Crippen molar-refractivity contribution < 1.29 is 18.7 Å². The van der Waals surface area contributed by atoms with Crippen molar-refractivity contribution in [2.75, 3.05) is 18.5 Å². The summed E-state index contributed by atoms with van der Waals surface area (Å²) < 4.78 is 24.9. The number of benzene rings is 2. The van der Waals surface area contributed by atoms with Gasteiger partial charge in [0.05, 0.1) is 18.9 Å². The summed E-state index contributed by atoms with van der Waals surface area (Å²) >= 11 is 0. The number of rotatable bonds is 9. The number of carbonyl (C=O) groups is 1. The fraction of sp³-hybridized carbons (Fsp3) is 0.350. The summed E-state index contributed by atoms with van der Waals surface area (Å²) in [6.07, 6.45) is 2.04. The normalized spacial score (nSPS) is 10.5. The highest BCUT2D eigenvalue weighted by Crippen LogP contribution is 2.23. The zero-order valence-electron chi connectivity index (χ0n) is 14.7. The third-order valence-corrected chi connectivity index (χ3v) is 3.64. The lowest BCUT2D eigenvalue weighted by atomic mass is 10.1. The second-order valence-electron chi connectivity index (χ2n) is 5.60. The third-order valence-electron chi connectivity index (χ3n) is 3.64. The lowest BCUT2D eigenvalue weighted by Crippen LogP contribution is -2.13.